The van der Waals surface area contributed by atoms with Crippen molar-refractivity contribution in [3.63, 3.8) is 0 Å². The van der Waals surface area contributed by atoms with Gasteiger partial charge in [-0.3, -0.25) is 4.98 Å². The summed E-state index contributed by atoms with van der Waals surface area (Å²) in [5.41, 5.74) is 2.48. The Balaban J connectivity index is 1.88. The molecule has 0 bridgehead atoms. The van der Waals surface area contributed by atoms with E-state index >= 15 is 0 Å². The van der Waals surface area contributed by atoms with Crippen LogP contribution in [0.2, 0.25) is 5.02 Å². The van der Waals surface area contributed by atoms with Crippen molar-refractivity contribution in [3.05, 3.63) is 70.9 Å². The van der Waals surface area contributed by atoms with Crippen molar-refractivity contribution in [2.75, 3.05) is 5.32 Å². The summed E-state index contributed by atoms with van der Waals surface area (Å²) in [6.45, 7) is 3.85. The van der Waals surface area contributed by atoms with Gasteiger partial charge in [0.1, 0.15) is 11.6 Å². The van der Waals surface area contributed by atoms with Crippen molar-refractivity contribution >= 4 is 17.4 Å². The third-order valence-electron chi connectivity index (χ3n) is 3.57. The summed E-state index contributed by atoms with van der Waals surface area (Å²) in [5, 5.41) is 3.67. The van der Waals surface area contributed by atoms with Crippen molar-refractivity contribution in [1.82, 2.24) is 15.0 Å². The van der Waals surface area contributed by atoms with E-state index < -0.39 is 0 Å². The summed E-state index contributed by atoms with van der Waals surface area (Å²) < 4.78 is 13.2. The first-order valence-electron chi connectivity index (χ1n) is 7.50. The number of aromatic nitrogens is 3. The Morgan fingerprint density at radius 3 is 2.71 bits per heavy atom. The first-order chi connectivity index (χ1) is 11.5. The molecule has 0 aliphatic heterocycles. The van der Waals surface area contributed by atoms with Crippen LogP contribution in [0.15, 0.2) is 48.8 Å². The smallest absolute Gasteiger partial charge is 0.163 e. The lowest BCUT2D eigenvalue weighted by Gasteiger charge is -2.17. The third-order valence-corrected chi connectivity index (χ3v) is 3.89. The molecule has 1 atom stereocenters. The van der Waals surface area contributed by atoms with E-state index in [0.29, 0.717) is 16.7 Å². The molecule has 2 aromatic heterocycles. The van der Waals surface area contributed by atoms with Gasteiger partial charge in [-0.1, -0.05) is 17.7 Å². The second kappa shape index (κ2) is 6.93. The van der Waals surface area contributed by atoms with E-state index in [1.165, 1.54) is 12.1 Å². The van der Waals surface area contributed by atoms with E-state index in [4.69, 9.17) is 11.6 Å². The number of hydrogen-bond donors (Lipinski definition) is 1. The van der Waals surface area contributed by atoms with Crippen LogP contribution in [-0.4, -0.2) is 15.0 Å². The van der Waals surface area contributed by atoms with Gasteiger partial charge >= 0.3 is 0 Å². The second-order valence-corrected chi connectivity index (χ2v) is 5.90. The molecule has 122 valence electrons. The number of pyridine rings is 1. The quantitative estimate of drug-likeness (QED) is 0.739. The molecular formula is C18H16ClFN4. The average molecular weight is 343 g/mol. The minimum absolute atomic E-state index is 0.130. The van der Waals surface area contributed by atoms with Gasteiger partial charge in [-0.2, -0.15) is 0 Å². The average Bonchev–Trinajstić information content (AvgIpc) is 2.55. The predicted molar refractivity (Wildman–Crippen MR) is 93.4 cm³/mol. The normalized spacial score (nSPS) is 12.0. The van der Waals surface area contributed by atoms with Crippen LogP contribution in [0, 0.1) is 12.7 Å². The van der Waals surface area contributed by atoms with Crippen molar-refractivity contribution in [3.8, 4) is 11.4 Å². The van der Waals surface area contributed by atoms with Crippen LogP contribution in [0.5, 0.6) is 0 Å². The van der Waals surface area contributed by atoms with Crippen molar-refractivity contribution < 1.29 is 4.39 Å². The fraction of sp³-hybridized carbons (Fsp3) is 0.167. The highest BCUT2D eigenvalue weighted by Gasteiger charge is 2.12. The summed E-state index contributed by atoms with van der Waals surface area (Å²) in [5.74, 6) is 0.921. The molecule has 4 nitrogen and oxygen atoms in total. The summed E-state index contributed by atoms with van der Waals surface area (Å²) in [4.78, 5) is 13.1. The van der Waals surface area contributed by atoms with E-state index in [-0.39, 0.29) is 11.9 Å². The molecule has 0 radical (unpaired) electrons. The minimum atomic E-state index is -0.354. The number of benzene rings is 1. The summed E-state index contributed by atoms with van der Waals surface area (Å²) >= 11 is 6.13. The van der Waals surface area contributed by atoms with Crippen LogP contribution in [0.25, 0.3) is 11.4 Å². The molecule has 2 heterocycles. The van der Waals surface area contributed by atoms with Gasteiger partial charge in [0.15, 0.2) is 5.82 Å². The Morgan fingerprint density at radius 2 is 2.00 bits per heavy atom. The minimum Gasteiger partial charge on any atom is -0.363 e. The molecule has 0 saturated carbocycles. The van der Waals surface area contributed by atoms with Gasteiger partial charge in [0.25, 0.3) is 0 Å². The number of aryl methyl sites for hydroxylation is 1. The zero-order chi connectivity index (χ0) is 17.1. The third kappa shape index (κ3) is 3.68. The molecule has 1 unspecified atom stereocenters. The standard InChI is InChI=1S/C18H16ClFN4/c1-11-8-17(24-18(22-11)13-4-3-7-21-10-13)23-12(2)15-6-5-14(20)9-16(15)19/h3-10,12H,1-2H3,(H,22,23,24). The molecule has 3 aromatic rings. The Labute approximate surface area is 144 Å². The zero-order valence-corrected chi connectivity index (χ0v) is 14.0. The van der Waals surface area contributed by atoms with Crippen LogP contribution >= 0.6 is 11.6 Å². The van der Waals surface area contributed by atoms with E-state index in [1.807, 2.05) is 32.0 Å². The highest BCUT2D eigenvalue weighted by atomic mass is 35.5. The van der Waals surface area contributed by atoms with Crippen LogP contribution in [-0.2, 0) is 0 Å². The summed E-state index contributed by atoms with van der Waals surface area (Å²) in [6, 6.07) is 9.85. The van der Waals surface area contributed by atoms with Crippen LogP contribution in [0.3, 0.4) is 0 Å². The van der Waals surface area contributed by atoms with E-state index in [2.05, 4.69) is 20.3 Å². The van der Waals surface area contributed by atoms with Crippen molar-refractivity contribution in [2.45, 2.75) is 19.9 Å². The Bertz CT molecular complexity index is 855. The first-order valence-corrected chi connectivity index (χ1v) is 7.88. The Hall–Kier alpha value is -2.53. The Morgan fingerprint density at radius 1 is 1.17 bits per heavy atom. The van der Waals surface area contributed by atoms with Crippen molar-refractivity contribution in [2.24, 2.45) is 0 Å². The van der Waals surface area contributed by atoms with Crippen molar-refractivity contribution in [1.29, 1.82) is 0 Å². The largest absolute Gasteiger partial charge is 0.363 e. The SMILES string of the molecule is Cc1cc(NC(C)c2ccc(F)cc2Cl)nc(-c2cccnc2)n1. The molecule has 0 saturated heterocycles. The molecule has 1 N–H and O–H groups in total. The van der Waals surface area contributed by atoms with Gasteiger partial charge in [-0.15, -0.1) is 0 Å². The summed E-state index contributed by atoms with van der Waals surface area (Å²) in [6.07, 6.45) is 3.43. The summed E-state index contributed by atoms with van der Waals surface area (Å²) in [7, 11) is 0. The van der Waals surface area contributed by atoms with Gasteiger partial charge in [0.2, 0.25) is 0 Å². The molecule has 24 heavy (non-hydrogen) atoms. The molecule has 0 spiro atoms. The topological polar surface area (TPSA) is 50.7 Å². The lowest BCUT2D eigenvalue weighted by Crippen LogP contribution is -2.10. The van der Waals surface area contributed by atoms with Crippen LogP contribution in [0.1, 0.15) is 24.2 Å². The Kier molecular flexibility index (Phi) is 4.71. The lowest BCUT2D eigenvalue weighted by atomic mass is 10.1. The maximum atomic E-state index is 13.2. The van der Waals surface area contributed by atoms with Gasteiger partial charge in [-0.25, -0.2) is 14.4 Å². The number of nitrogens with zero attached hydrogens (tertiary/aromatic N) is 3. The fourth-order valence-electron chi connectivity index (χ4n) is 2.42. The second-order valence-electron chi connectivity index (χ2n) is 5.49. The maximum absolute atomic E-state index is 13.2. The molecule has 3 rings (SSSR count). The molecule has 0 amide bonds. The maximum Gasteiger partial charge on any atom is 0.163 e. The number of halogens is 2. The van der Waals surface area contributed by atoms with E-state index in [0.717, 1.165) is 16.8 Å². The van der Waals surface area contributed by atoms with E-state index in [1.54, 1.807) is 18.5 Å². The van der Waals surface area contributed by atoms with Gasteiger partial charge < -0.3 is 5.32 Å². The van der Waals surface area contributed by atoms with Gasteiger partial charge in [0.05, 0.1) is 6.04 Å². The monoisotopic (exact) mass is 342 g/mol. The predicted octanol–water partition coefficient (Wildman–Crippen LogP) is 4.81. The molecule has 0 aliphatic rings. The molecule has 0 aliphatic carbocycles. The number of rotatable bonds is 4. The number of anilines is 1. The van der Waals surface area contributed by atoms with Gasteiger partial charge in [0, 0.05) is 34.7 Å². The first kappa shape index (κ1) is 16.3. The molecule has 6 heteroatoms. The molecule has 0 fully saturated rings. The van der Waals surface area contributed by atoms with Crippen LogP contribution in [0.4, 0.5) is 10.2 Å². The van der Waals surface area contributed by atoms with Crippen LogP contribution < -0.4 is 5.32 Å². The zero-order valence-electron chi connectivity index (χ0n) is 13.3. The molecule has 1 aromatic carbocycles. The van der Waals surface area contributed by atoms with Gasteiger partial charge in [-0.05, 0) is 43.7 Å². The highest BCUT2D eigenvalue weighted by molar-refractivity contribution is 6.31. The van der Waals surface area contributed by atoms with E-state index in [9.17, 15) is 4.39 Å². The lowest BCUT2D eigenvalue weighted by molar-refractivity contribution is 0.626. The highest BCUT2D eigenvalue weighted by Crippen LogP contribution is 2.27. The molecular weight excluding hydrogens is 327 g/mol. The number of nitrogens with one attached hydrogen (secondary N) is 1. The fourth-order valence-corrected chi connectivity index (χ4v) is 2.75. The number of hydrogen-bond acceptors (Lipinski definition) is 4.